The second-order valence-electron chi connectivity index (χ2n) is 6.19. The molecule has 1 aromatic heterocycles. The molecule has 5 nitrogen and oxygen atoms in total. The predicted octanol–water partition coefficient (Wildman–Crippen LogP) is 2.85. The number of Topliss-reactive ketones (excluding diaryl/α,β-unsaturated/α-hetero) is 1. The molecule has 0 bridgehead atoms. The zero-order valence-electron chi connectivity index (χ0n) is 12.7. The van der Waals surface area contributed by atoms with Gasteiger partial charge in [-0.05, 0) is 24.8 Å². The van der Waals surface area contributed by atoms with Crippen LogP contribution in [0.5, 0.6) is 0 Å². The summed E-state index contributed by atoms with van der Waals surface area (Å²) in [6.45, 7) is 3.99. The number of ketones is 1. The molecule has 1 N–H and O–H groups in total. The van der Waals surface area contributed by atoms with E-state index in [-0.39, 0.29) is 11.8 Å². The molecule has 1 aliphatic carbocycles. The third-order valence-electron chi connectivity index (χ3n) is 4.35. The number of nitrogens with zero attached hydrogens (tertiary/aromatic N) is 3. The first-order valence-electron chi connectivity index (χ1n) is 7.65. The van der Waals surface area contributed by atoms with Crippen molar-refractivity contribution >= 4 is 11.7 Å². The standard InChI is InChI=1S/C17H18N4O/c1-10-8-13-15(14(22)9-10)16(12-6-4-3-5-7-12)21-17(19-13)18-11(2)20-21/h3-7,10,16H,8-9H2,1-2H3,(H,18,19,20)/t10-,16-/m1/s1. The summed E-state index contributed by atoms with van der Waals surface area (Å²) in [6.07, 6.45) is 1.49. The van der Waals surface area contributed by atoms with Gasteiger partial charge in [-0.1, -0.05) is 37.3 Å². The van der Waals surface area contributed by atoms with E-state index in [2.05, 4.69) is 22.3 Å². The molecule has 1 aromatic carbocycles. The molecular formula is C17H18N4O. The Morgan fingerprint density at radius 1 is 1.23 bits per heavy atom. The maximum Gasteiger partial charge on any atom is 0.226 e. The Kier molecular flexibility index (Phi) is 2.89. The summed E-state index contributed by atoms with van der Waals surface area (Å²) in [5.41, 5.74) is 2.93. The highest BCUT2D eigenvalue weighted by Crippen LogP contribution is 2.41. The van der Waals surface area contributed by atoms with Crippen LogP contribution in [0.25, 0.3) is 0 Å². The zero-order valence-corrected chi connectivity index (χ0v) is 12.7. The van der Waals surface area contributed by atoms with Gasteiger partial charge in [-0.3, -0.25) is 4.79 Å². The number of hydrogen-bond acceptors (Lipinski definition) is 4. The molecule has 0 unspecified atom stereocenters. The van der Waals surface area contributed by atoms with Crippen molar-refractivity contribution in [2.45, 2.75) is 32.7 Å². The minimum atomic E-state index is -0.173. The number of carbonyl (C=O) groups excluding carboxylic acids is 1. The number of aromatic nitrogens is 3. The lowest BCUT2D eigenvalue weighted by Gasteiger charge is -2.34. The van der Waals surface area contributed by atoms with E-state index in [1.807, 2.05) is 41.9 Å². The van der Waals surface area contributed by atoms with Crippen molar-refractivity contribution in [2.24, 2.45) is 5.92 Å². The van der Waals surface area contributed by atoms with Crippen LogP contribution < -0.4 is 5.32 Å². The average molecular weight is 294 g/mol. The van der Waals surface area contributed by atoms with Crippen LogP contribution in [0.4, 0.5) is 5.95 Å². The van der Waals surface area contributed by atoms with Gasteiger partial charge in [0.25, 0.3) is 0 Å². The van der Waals surface area contributed by atoms with Crippen LogP contribution >= 0.6 is 0 Å². The van der Waals surface area contributed by atoms with Crippen molar-refractivity contribution in [3.05, 3.63) is 53.0 Å². The lowest BCUT2D eigenvalue weighted by molar-refractivity contribution is -0.117. The Balaban J connectivity index is 1.92. The van der Waals surface area contributed by atoms with Crippen molar-refractivity contribution in [2.75, 3.05) is 5.32 Å². The summed E-state index contributed by atoms with van der Waals surface area (Å²) in [7, 11) is 0. The maximum absolute atomic E-state index is 12.7. The van der Waals surface area contributed by atoms with Crippen molar-refractivity contribution in [1.29, 1.82) is 0 Å². The predicted molar refractivity (Wildman–Crippen MR) is 83.4 cm³/mol. The highest BCUT2D eigenvalue weighted by Gasteiger charge is 2.38. The number of carbonyl (C=O) groups is 1. The molecule has 5 heteroatoms. The minimum Gasteiger partial charge on any atom is -0.328 e. The number of benzene rings is 1. The Morgan fingerprint density at radius 2 is 2.00 bits per heavy atom. The molecule has 0 amide bonds. The van der Waals surface area contributed by atoms with E-state index in [9.17, 15) is 4.79 Å². The minimum absolute atomic E-state index is 0.173. The van der Waals surface area contributed by atoms with Crippen LogP contribution in [0.3, 0.4) is 0 Å². The molecule has 2 heterocycles. The summed E-state index contributed by atoms with van der Waals surface area (Å²) in [6, 6.07) is 9.90. The molecule has 22 heavy (non-hydrogen) atoms. The van der Waals surface area contributed by atoms with Crippen LogP contribution in [0, 0.1) is 12.8 Å². The van der Waals surface area contributed by atoms with Gasteiger partial charge in [0, 0.05) is 17.7 Å². The normalized spacial score (nSPS) is 23.8. The van der Waals surface area contributed by atoms with Crippen molar-refractivity contribution in [3.8, 4) is 0 Å². The number of fused-ring (bicyclic) bond motifs is 1. The van der Waals surface area contributed by atoms with Gasteiger partial charge < -0.3 is 5.32 Å². The molecule has 0 saturated heterocycles. The smallest absolute Gasteiger partial charge is 0.226 e. The fourth-order valence-electron chi connectivity index (χ4n) is 3.46. The first-order valence-corrected chi connectivity index (χ1v) is 7.65. The molecule has 2 aliphatic rings. The lowest BCUT2D eigenvalue weighted by atomic mass is 9.81. The number of aryl methyl sites for hydroxylation is 1. The maximum atomic E-state index is 12.7. The van der Waals surface area contributed by atoms with E-state index in [0.29, 0.717) is 18.2 Å². The summed E-state index contributed by atoms with van der Waals surface area (Å²) in [4.78, 5) is 17.1. The van der Waals surface area contributed by atoms with Crippen LogP contribution in [0.2, 0.25) is 0 Å². The first-order chi connectivity index (χ1) is 10.6. The van der Waals surface area contributed by atoms with E-state index >= 15 is 0 Å². The van der Waals surface area contributed by atoms with Crippen LogP contribution in [0.15, 0.2) is 41.6 Å². The van der Waals surface area contributed by atoms with Gasteiger partial charge in [0.1, 0.15) is 11.9 Å². The Hall–Kier alpha value is -2.43. The van der Waals surface area contributed by atoms with E-state index in [4.69, 9.17) is 0 Å². The molecule has 2 atom stereocenters. The summed E-state index contributed by atoms with van der Waals surface area (Å²) >= 11 is 0. The van der Waals surface area contributed by atoms with Gasteiger partial charge in [-0.15, -0.1) is 0 Å². The fourth-order valence-corrected chi connectivity index (χ4v) is 3.46. The quantitative estimate of drug-likeness (QED) is 0.878. The highest BCUT2D eigenvalue weighted by molar-refractivity contribution is 5.99. The third-order valence-corrected chi connectivity index (χ3v) is 4.35. The number of hydrogen-bond donors (Lipinski definition) is 1. The highest BCUT2D eigenvalue weighted by atomic mass is 16.1. The van der Waals surface area contributed by atoms with Crippen molar-refractivity contribution < 1.29 is 4.79 Å². The van der Waals surface area contributed by atoms with E-state index in [1.54, 1.807) is 0 Å². The number of anilines is 1. The van der Waals surface area contributed by atoms with E-state index < -0.39 is 0 Å². The fraction of sp³-hybridized carbons (Fsp3) is 0.353. The van der Waals surface area contributed by atoms with E-state index in [0.717, 1.165) is 29.2 Å². The Bertz CT molecular complexity index is 775. The van der Waals surface area contributed by atoms with Crippen molar-refractivity contribution in [3.63, 3.8) is 0 Å². The van der Waals surface area contributed by atoms with Crippen LogP contribution in [-0.4, -0.2) is 20.5 Å². The molecule has 2 aromatic rings. The lowest BCUT2D eigenvalue weighted by Crippen LogP contribution is -2.33. The monoisotopic (exact) mass is 294 g/mol. The molecular weight excluding hydrogens is 276 g/mol. The molecule has 1 aliphatic heterocycles. The van der Waals surface area contributed by atoms with Gasteiger partial charge >= 0.3 is 0 Å². The number of allylic oxidation sites excluding steroid dienone is 2. The largest absolute Gasteiger partial charge is 0.328 e. The van der Waals surface area contributed by atoms with Crippen LogP contribution in [0.1, 0.15) is 37.2 Å². The SMILES string of the molecule is Cc1nc2n(n1)[C@H](c1ccccc1)C1=C(C[C@@H](C)CC1=O)N2. The second-order valence-corrected chi connectivity index (χ2v) is 6.19. The van der Waals surface area contributed by atoms with Gasteiger partial charge in [0.15, 0.2) is 5.78 Å². The second kappa shape index (κ2) is 4.80. The number of rotatable bonds is 1. The first kappa shape index (κ1) is 13.2. The van der Waals surface area contributed by atoms with Gasteiger partial charge in [0.05, 0.1) is 0 Å². The molecule has 0 spiro atoms. The van der Waals surface area contributed by atoms with E-state index in [1.165, 1.54) is 0 Å². The molecule has 0 fully saturated rings. The van der Waals surface area contributed by atoms with Crippen LogP contribution in [-0.2, 0) is 4.79 Å². The molecule has 0 radical (unpaired) electrons. The van der Waals surface area contributed by atoms with Crippen molar-refractivity contribution in [1.82, 2.24) is 14.8 Å². The van der Waals surface area contributed by atoms with Gasteiger partial charge in [-0.2, -0.15) is 10.1 Å². The molecule has 4 rings (SSSR count). The van der Waals surface area contributed by atoms with Gasteiger partial charge in [-0.25, -0.2) is 4.68 Å². The Labute approximate surface area is 129 Å². The average Bonchev–Trinajstić information content (AvgIpc) is 2.85. The van der Waals surface area contributed by atoms with Gasteiger partial charge in [0.2, 0.25) is 5.95 Å². The summed E-state index contributed by atoms with van der Waals surface area (Å²) in [5.74, 6) is 2.02. The third kappa shape index (κ3) is 1.96. The molecule has 112 valence electrons. The number of nitrogens with one attached hydrogen (secondary N) is 1. The molecule has 0 saturated carbocycles. The Morgan fingerprint density at radius 3 is 2.77 bits per heavy atom. The summed E-state index contributed by atoms with van der Waals surface area (Å²) in [5, 5.41) is 7.84. The summed E-state index contributed by atoms with van der Waals surface area (Å²) < 4.78 is 1.84. The topological polar surface area (TPSA) is 59.8 Å². The zero-order chi connectivity index (χ0) is 15.3.